The molecule has 4 aromatic rings. The molecule has 0 saturated carbocycles. The van der Waals surface area contributed by atoms with Crippen LogP contribution in [0.25, 0.3) is 5.65 Å². The summed E-state index contributed by atoms with van der Waals surface area (Å²) in [5.74, 6) is 1.10. The Morgan fingerprint density at radius 2 is 1.84 bits per heavy atom. The molecule has 2 aromatic carbocycles. The lowest BCUT2D eigenvalue weighted by Crippen LogP contribution is -2.38. The van der Waals surface area contributed by atoms with Crippen molar-refractivity contribution in [1.29, 1.82) is 0 Å². The quantitative estimate of drug-likeness (QED) is 0.407. The second kappa shape index (κ2) is 8.74. The molecule has 7 heteroatoms. The van der Waals surface area contributed by atoms with Crippen molar-refractivity contribution in [2.24, 2.45) is 0 Å². The number of hydrogen-bond donors (Lipinski definition) is 1. The normalized spacial score (nSPS) is 14.6. The average Bonchev–Trinajstić information content (AvgIpc) is 3.21. The summed E-state index contributed by atoms with van der Waals surface area (Å²) in [6.07, 6.45) is 5.27. The molecule has 0 radical (unpaired) electrons. The van der Waals surface area contributed by atoms with Crippen molar-refractivity contribution in [2.45, 2.75) is 25.7 Å². The van der Waals surface area contributed by atoms with E-state index in [0.29, 0.717) is 22.9 Å². The first-order valence-corrected chi connectivity index (χ1v) is 11.6. The Morgan fingerprint density at radius 3 is 2.59 bits per heavy atom. The summed E-state index contributed by atoms with van der Waals surface area (Å²) >= 11 is 3.50. The number of amides is 1. The number of piperidine rings is 1. The molecule has 0 aliphatic carbocycles. The number of anilines is 2. The molecule has 1 aliphatic heterocycles. The highest BCUT2D eigenvalue weighted by molar-refractivity contribution is 9.10. The van der Waals surface area contributed by atoms with Crippen LogP contribution in [-0.2, 0) is 0 Å². The number of rotatable bonds is 4. The number of aromatic nitrogens is 3. The highest BCUT2D eigenvalue weighted by Crippen LogP contribution is 2.31. The van der Waals surface area contributed by atoms with Gasteiger partial charge in [0, 0.05) is 25.0 Å². The SMILES string of the molecule is Cc1cccc(Nc2c(C(=O)N3CCC(c4ccccc4)CC3)cnc3c(Br)cnn23)c1. The van der Waals surface area contributed by atoms with E-state index >= 15 is 0 Å². The van der Waals surface area contributed by atoms with E-state index in [1.54, 1.807) is 16.9 Å². The van der Waals surface area contributed by atoms with Crippen molar-refractivity contribution in [2.75, 3.05) is 18.4 Å². The summed E-state index contributed by atoms with van der Waals surface area (Å²) in [5, 5.41) is 7.87. The van der Waals surface area contributed by atoms with E-state index in [4.69, 9.17) is 0 Å². The highest BCUT2D eigenvalue weighted by Gasteiger charge is 2.27. The zero-order valence-corrected chi connectivity index (χ0v) is 19.4. The van der Waals surface area contributed by atoms with Crippen molar-refractivity contribution in [3.05, 3.63) is 88.2 Å². The molecule has 162 valence electrons. The Hall–Kier alpha value is -3.19. The third-order valence-electron chi connectivity index (χ3n) is 6.05. The van der Waals surface area contributed by atoms with Gasteiger partial charge in [-0.25, -0.2) is 4.98 Å². The van der Waals surface area contributed by atoms with Crippen LogP contribution in [0.15, 0.2) is 71.5 Å². The van der Waals surface area contributed by atoms with E-state index in [1.807, 2.05) is 42.2 Å². The number of likely N-dealkylation sites (tertiary alicyclic amines) is 1. The van der Waals surface area contributed by atoms with Gasteiger partial charge in [-0.15, -0.1) is 0 Å². The van der Waals surface area contributed by atoms with Gasteiger partial charge >= 0.3 is 0 Å². The minimum absolute atomic E-state index is 0.0207. The number of aryl methyl sites for hydroxylation is 1. The Kier molecular flexibility index (Phi) is 5.66. The van der Waals surface area contributed by atoms with Gasteiger partial charge in [0.1, 0.15) is 11.4 Å². The first kappa shape index (κ1) is 20.7. The van der Waals surface area contributed by atoms with E-state index in [1.165, 1.54) is 5.56 Å². The van der Waals surface area contributed by atoms with E-state index in [0.717, 1.165) is 41.7 Å². The number of hydrogen-bond acceptors (Lipinski definition) is 4. The Bertz CT molecular complexity index is 1260. The topological polar surface area (TPSA) is 62.5 Å². The minimum Gasteiger partial charge on any atom is -0.339 e. The average molecular weight is 490 g/mol. The van der Waals surface area contributed by atoms with Crippen molar-refractivity contribution >= 4 is 39.0 Å². The van der Waals surface area contributed by atoms with Crippen LogP contribution in [0.4, 0.5) is 11.5 Å². The number of carbonyl (C=O) groups is 1. The first-order valence-electron chi connectivity index (χ1n) is 10.8. The number of halogens is 1. The Morgan fingerprint density at radius 1 is 1.06 bits per heavy atom. The maximum Gasteiger partial charge on any atom is 0.259 e. The predicted molar refractivity (Wildman–Crippen MR) is 129 cm³/mol. The highest BCUT2D eigenvalue weighted by atomic mass is 79.9. The van der Waals surface area contributed by atoms with Crippen LogP contribution < -0.4 is 5.32 Å². The summed E-state index contributed by atoms with van der Waals surface area (Å²) in [6.45, 7) is 3.49. The number of nitrogens with one attached hydrogen (secondary N) is 1. The van der Waals surface area contributed by atoms with E-state index in [9.17, 15) is 4.79 Å². The van der Waals surface area contributed by atoms with Gasteiger partial charge in [0.25, 0.3) is 5.91 Å². The van der Waals surface area contributed by atoms with Crippen LogP contribution in [0.5, 0.6) is 0 Å². The number of carbonyl (C=O) groups excluding carboxylic acids is 1. The molecule has 1 fully saturated rings. The first-order chi connectivity index (χ1) is 15.6. The van der Waals surface area contributed by atoms with Gasteiger partial charge in [0.15, 0.2) is 5.65 Å². The lowest BCUT2D eigenvalue weighted by atomic mass is 9.89. The Labute approximate surface area is 195 Å². The summed E-state index contributed by atoms with van der Waals surface area (Å²) in [6, 6.07) is 18.6. The molecule has 5 rings (SSSR count). The number of nitrogens with zero attached hydrogens (tertiary/aromatic N) is 4. The molecular formula is C25H24BrN5O. The van der Waals surface area contributed by atoms with Crippen LogP contribution in [0.1, 0.15) is 40.2 Å². The van der Waals surface area contributed by atoms with Crippen LogP contribution in [0.3, 0.4) is 0 Å². The van der Waals surface area contributed by atoms with Crippen molar-refractivity contribution in [3.63, 3.8) is 0 Å². The monoisotopic (exact) mass is 489 g/mol. The lowest BCUT2D eigenvalue weighted by Gasteiger charge is -2.32. The summed E-state index contributed by atoms with van der Waals surface area (Å²) in [4.78, 5) is 20.0. The third-order valence-corrected chi connectivity index (χ3v) is 6.61. The molecule has 32 heavy (non-hydrogen) atoms. The summed E-state index contributed by atoms with van der Waals surface area (Å²) in [5.41, 5.74) is 4.58. The standard InChI is InChI=1S/C25H24BrN5O/c1-17-6-5-9-20(14-17)29-23-21(15-27-24-22(26)16-28-31(23)24)25(32)30-12-10-19(11-13-30)18-7-3-2-4-8-18/h2-9,14-16,19,29H,10-13H2,1H3. The van der Waals surface area contributed by atoms with E-state index in [-0.39, 0.29) is 5.91 Å². The molecule has 1 aliphatic rings. The van der Waals surface area contributed by atoms with Gasteiger partial charge < -0.3 is 10.2 Å². The van der Waals surface area contributed by atoms with E-state index in [2.05, 4.69) is 55.6 Å². The lowest BCUT2D eigenvalue weighted by molar-refractivity contribution is 0.0713. The maximum absolute atomic E-state index is 13.6. The molecule has 1 saturated heterocycles. The molecule has 0 spiro atoms. The zero-order valence-electron chi connectivity index (χ0n) is 17.8. The van der Waals surface area contributed by atoms with E-state index < -0.39 is 0 Å². The molecule has 6 nitrogen and oxygen atoms in total. The fourth-order valence-corrected chi connectivity index (χ4v) is 4.71. The van der Waals surface area contributed by atoms with Gasteiger partial charge in [-0.1, -0.05) is 42.5 Å². The van der Waals surface area contributed by atoms with Crippen LogP contribution in [0.2, 0.25) is 0 Å². The minimum atomic E-state index is -0.0207. The summed E-state index contributed by atoms with van der Waals surface area (Å²) in [7, 11) is 0. The molecule has 0 unspecified atom stereocenters. The second-order valence-corrected chi connectivity index (χ2v) is 9.07. The van der Waals surface area contributed by atoms with Crippen LogP contribution >= 0.6 is 15.9 Å². The molecule has 0 bridgehead atoms. The molecular weight excluding hydrogens is 466 g/mol. The smallest absolute Gasteiger partial charge is 0.259 e. The third kappa shape index (κ3) is 4.00. The maximum atomic E-state index is 13.6. The molecule has 1 amide bonds. The van der Waals surface area contributed by atoms with Gasteiger partial charge in [-0.05, 0) is 64.9 Å². The van der Waals surface area contributed by atoms with Gasteiger partial charge in [0.2, 0.25) is 0 Å². The molecule has 1 N–H and O–H groups in total. The fraction of sp³-hybridized carbons (Fsp3) is 0.240. The fourth-order valence-electron chi connectivity index (χ4n) is 4.35. The molecule has 2 aromatic heterocycles. The van der Waals surface area contributed by atoms with Crippen LogP contribution in [-0.4, -0.2) is 38.5 Å². The van der Waals surface area contributed by atoms with Gasteiger partial charge in [-0.2, -0.15) is 9.61 Å². The van der Waals surface area contributed by atoms with Crippen molar-refractivity contribution < 1.29 is 4.79 Å². The predicted octanol–water partition coefficient (Wildman–Crippen LogP) is 5.56. The molecule has 3 heterocycles. The largest absolute Gasteiger partial charge is 0.339 e. The Balaban J connectivity index is 1.44. The molecule has 0 atom stereocenters. The van der Waals surface area contributed by atoms with Crippen molar-refractivity contribution in [1.82, 2.24) is 19.5 Å². The summed E-state index contributed by atoms with van der Waals surface area (Å²) < 4.78 is 2.48. The number of benzene rings is 2. The zero-order chi connectivity index (χ0) is 22.1. The van der Waals surface area contributed by atoms with Crippen molar-refractivity contribution in [3.8, 4) is 0 Å². The van der Waals surface area contributed by atoms with Gasteiger partial charge in [0.05, 0.1) is 10.7 Å². The number of fused-ring (bicyclic) bond motifs is 1. The van der Waals surface area contributed by atoms with Gasteiger partial charge in [-0.3, -0.25) is 4.79 Å². The second-order valence-electron chi connectivity index (χ2n) is 8.22. The van der Waals surface area contributed by atoms with Crippen LogP contribution in [0, 0.1) is 6.92 Å².